The summed E-state index contributed by atoms with van der Waals surface area (Å²) >= 11 is 3.71. The van der Waals surface area contributed by atoms with E-state index in [0.29, 0.717) is 0 Å². The van der Waals surface area contributed by atoms with Gasteiger partial charge < -0.3 is 5.32 Å². The summed E-state index contributed by atoms with van der Waals surface area (Å²) in [6.07, 6.45) is 3.43. The van der Waals surface area contributed by atoms with Crippen molar-refractivity contribution < 1.29 is 0 Å². The molecule has 0 fully saturated rings. The van der Waals surface area contributed by atoms with Gasteiger partial charge in [-0.15, -0.1) is 11.3 Å². The van der Waals surface area contributed by atoms with E-state index in [4.69, 9.17) is 0 Å². The Morgan fingerprint density at radius 2 is 2.00 bits per heavy atom. The van der Waals surface area contributed by atoms with E-state index in [1.807, 2.05) is 23.3 Å². The Labute approximate surface area is 143 Å². The van der Waals surface area contributed by atoms with Crippen LogP contribution in [0.25, 0.3) is 21.0 Å². The monoisotopic (exact) mass is 336 g/mol. The van der Waals surface area contributed by atoms with Gasteiger partial charge in [-0.1, -0.05) is 30.3 Å². The minimum atomic E-state index is 0.974. The molecule has 23 heavy (non-hydrogen) atoms. The first kappa shape index (κ1) is 13.7. The molecule has 0 saturated heterocycles. The molecule has 2 nitrogen and oxygen atoms in total. The van der Waals surface area contributed by atoms with Crippen LogP contribution in [0.15, 0.2) is 58.9 Å². The molecule has 0 amide bonds. The summed E-state index contributed by atoms with van der Waals surface area (Å²) in [5, 5.41) is 6.30. The van der Waals surface area contributed by atoms with Crippen LogP contribution in [0.3, 0.4) is 0 Å². The molecule has 4 heteroatoms. The van der Waals surface area contributed by atoms with Crippen LogP contribution in [0.2, 0.25) is 0 Å². The van der Waals surface area contributed by atoms with Gasteiger partial charge in [-0.2, -0.15) is 0 Å². The van der Waals surface area contributed by atoms with Crippen molar-refractivity contribution in [2.45, 2.75) is 17.2 Å². The predicted molar refractivity (Wildman–Crippen MR) is 100 cm³/mol. The molecule has 0 unspecified atom stereocenters. The zero-order valence-corrected chi connectivity index (χ0v) is 14.2. The van der Waals surface area contributed by atoms with Crippen LogP contribution in [-0.2, 0) is 13.0 Å². The van der Waals surface area contributed by atoms with Crippen LogP contribution in [0, 0.1) is 0 Å². The maximum atomic E-state index is 3.51. The fraction of sp³-hybridized carbons (Fsp3) is 0.158. The fourth-order valence-electron chi connectivity index (χ4n) is 3.37. The van der Waals surface area contributed by atoms with E-state index >= 15 is 0 Å². The van der Waals surface area contributed by atoms with Crippen molar-refractivity contribution in [2.24, 2.45) is 0 Å². The van der Waals surface area contributed by atoms with Gasteiger partial charge >= 0.3 is 0 Å². The molecule has 0 bridgehead atoms. The van der Waals surface area contributed by atoms with E-state index in [1.54, 1.807) is 0 Å². The van der Waals surface area contributed by atoms with Crippen LogP contribution >= 0.6 is 23.3 Å². The molecule has 2 aromatic heterocycles. The van der Waals surface area contributed by atoms with E-state index in [1.165, 1.54) is 36.3 Å². The first-order valence-corrected chi connectivity index (χ1v) is 9.47. The van der Waals surface area contributed by atoms with E-state index in [0.717, 1.165) is 19.5 Å². The van der Waals surface area contributed by atoms with Crippen LogP contribution < -0.4 is 5.32 Å². The van der Waals surface area contributed by atoms with Gasteiger partial charge in [0.05, 0.1) is 9.73 Å². The Hall–Kier alpha value is -1.75. The quantitative estimate of drug-likeness (QED) is 0.551. The smallest absolute Gasteiger partial charge is 0.0826 e. The Morgan fingerprint density at radius 1 is 1.04 bits per heavy atom. The van der Waals surface area contributed by atoms with Crippen molar-refractivity contribution in [2.75, 3.05) is 6.54 Å². The third-order valence-electron chi connectivity index (χ3n) is 4.44. The number of fused-ring (bicyclic) bond motifs is 1. The molecule has 114 valence electrons. The predicted octanol–water partition coefficient (Wildman–Crippen LogP) is 5.06. The molecule has 4 aromatic rings. The highest BCUT2D eigenvalue weighted by Gasteiger charge is 2.16. The maximum Gasteiger partial charge on any atom is 0.0826 e. The second kappa shape index (κ2) is 5.41. The van der Waals surface area contributed by atoms with Crippen LogP contribution in [-0.4, -0.2) is 10.5 Å². The molecule has 1 aliphatic rings. The molecule has 5 rings (SSSR count). The van der Waals surface area contributed by atoms with Gasteiger partial charge in [-0.3, -0.25) is 3.97 Å². The Kier molecular flexibility index (Phi) is 3.21. The van der Waals surface area contributed by atoms with E-state index in [-0.39, 0.29) is 0 Å². The van der Waals surface area contributed by atoms with Crippen molar-refractivity contribution in [3.05, 3.63) is 65.9 Å². The van der Waals surface area contributed by atoms with Crippen molar-refractivity contribution in [1.82, 2.24) is 9.29 Å². The lowest BCUT2D eigenvalue weighted by Gasteiger charge is -2.05. The maximum absolute atomic E-state index is 3.51. The lowest BCUT2D eigenvalue weighted by atomic mass is 10.1. The van der Waals surface area contributed by atoms with Crippen molar-refractivity contribution in [1.29, 1.82) is 0 Å². The zero-order chi connectivity index (χ0) is 15.2. The second-order valence-corrected chi connectivity index (χ2v) is 8.27. The average Bonchev–Trinajstić information content (AvgIpc) is 3.06. The van der Waals surface area contributed by atoms with Crippen LogP contribution in [0.5, 0.6) is 0 Å². The van der Waals surface area contributed by atoms with E-state index in [9.17, 15) is 0 Å². The van der Waals surface area contributed by atoms with Gasteiger partial charge in [-0.25, -0.2) is 0 Å². The average molecular weight is 336 g/mol. The highest BCUT2D eigenvalue weighted by molar-refractivity contribution is 8.00. The molecule has 0 aliphatic carbocycles. The Balaban J connectivity index is 1.63. The zero-order valence-electron chi connectivity index (χ0n) is 12.6. The molecule has 3 heterocycles. The summed E-state index contributed by atoms with van der Waals surface area (Å²) in [6, 6.07) is 17.6. The standard InChI is InChI=1S/C19H16N2S2/c1-2-7-17-13(4-1)10-18(22-17)23-21-12-15-8-9-20-11-14-5-3-6-16(21)19(14)15/h1-7,10,12,20H,8-9,11H2. The van der Waals surface area contributed by atoms with Gasteiger partial charge in [0, 0.05) is 34.8 Å². The van der Waals surface area contributed by atoms with Crippen LogP contribution in [0.4, 0.5) is 0 Å². The number of hydrogen-bond acceptors (Lipinski definition) is 3. The summed E-state index contributed by atoms with van der Waals surface area (Å²) in [5.41, 5.74) is 4.23. The Bertz CT molecular complexity index is 980. The summed E-state index contributed by atoms with van der Waals surface area (Å²) in [5.74, 6) is 0. The van der Waals surface area contributed by atoms with Gasteiger partial charge in [-0.05, 0) is 47.7 Å². The summed E-state index contributed by atoms with van der Waals surface area (Å²) < 4.78 is 5.05. The summed E-state index contributed by atoms with van der Waals surface area (Å²) in [7, 11) is 0. The summed E-state index contributed by atoms with van der Waals surface area (Å²) in [4.78, 5) is 0. The fourth-order valence-corrected chi connectivity index (χ4v) is 5.63. The third-order valence-corrected chi connectivity index (χ3v) is 6.62. The number of rotatable bonds is 2. The largest absolute Gasteiger partial charge is 0.312 e. The van der Waals surface area contributed by atoms with Crippen molar-refractivity contribution in [3.63, 3.8) is 0 Å². The SMILES string of the molecule is c1ccc2sc(Sn3cc4c5c(cccc53)CNCC4)cc2c1. The first-order valence-electron chi connectivity index (χ1n) is 7.88. The highest BCUT2D eigenvalue weighted by atomic mass is 32.2. The van der Waals surface area contributed by atoms with E-state index < -0.39 is 0 Å². The number of thiophene rings is 1. The normalized spacial score (nSPS) is 14.4. The molecular formula is C19H16N2S2. The number of nitrogens with one attached hydrogen (secondary N) is 1. The minimum Gasteiger partial charge on any atom is -0.312 e. The van der Waals surface area contributed by atoms with Gasteiger partial charge in [0.25, 0.3) is 0 Å². The molecule has 1 aliphatic heterocycles. The van der Waals surface area contributed by atoms with Crippen LogP contribution in [0.1, 0.15) is 11.1 Å². The Morgan fingerprint density at radius 3 is 2.96 bits per heavy atom. The number of hydrogen-bond donors (Lipinski definition) is 1. The molecule has 0 atom stereocenters. The molecule has 0 radical (unpaired) electrons. The van der Waals surface area contributed by atoms with E-state index in [2.05, 4.69) is 64.0 Å². The van der Waals surface area contributed by atoms with Gasteiger partial charge in [0.1, 0.15) is 0 Å². The molecule has 0 saturated carbocycles. The topological polar surface area (TPSA) is 17.0 Å². The lowest BCUT2D eigenvalue weighted by molar-refractivity contribution is 0.701. The van der Waals surface area contributed by atoms with Gasteiger partial charge in [0.2, 0.25) is 0 Å². The minimum absolute atomic E-state index is 0.974. The second-order valence-electron chi connectivity index (χ2n) is 5.91. The molecule has 0 spiro atoms. The molecule has 1 N–H and O–H groups in total. The lowest BCUT2D eigenvalue weighted by Crippen LogP contribution is -2.13. The van der Waals surface area contributed by atoms with Crippen molar-refractivity contribution >= 4 is 44.3 Å². The molecular weight excluding hydrogens is 320 g/mol. The summed E-state index contributed by atoms with van der Waals surface area (Å²) in [6.45, 7) is 2.03. The highest BCUT2D eigenvalue weighted by Crippen LogP contribution is 2.37. The number of nitrogens with zero attached hydrogens (tertiary/aromatic N) is 1. The first-order chi connectivity index (χ1) is 11.4. The third kappa shape index (κ3) is 2.29. The number of aromatic nitrogens is 1. The molecule has 2 aromatic carbocycles. The van der Waals surface area contributed by atoms with Crippen molar-refractivity contribution in [3.8, 4) is 0 Å². The number of benzene rings is 2. The van der Waals surface area contributed by atoms with Gasteiger partial charge in [0.15, 0.2) is 0 Å².